The van der Waals surface area contributed by atoms with Crippen molar-refractivity contribution in [2.75, 3.05) is 26.2 Å². The van der Waals surface area contributed by atoms with Crippen molar-refractivity contribution in [1.29, 1.82) is 0 Å². The lowest BCUT2D eigenvalue weighted by atomic mass is 10.2. The van der Waals surface area contributed by atoms with Gasteiger partial charge in [-0.3, -0.25) is 14.8 Å². The molecule has 1 aliphatic rings. The van der Waals surface area contributed by atoms with Crippen LogP contribution in [0.1, 0.15) is 34.6 Å². The zero-order valence-electron chi connectivity index (χ0n) is 13.6. The van der Waals surface area contributed by atoms with Crippen molar-refractivity contribution in [3.05, 3.63) is 52.3 Å². The predicted molar refractivity (Wildman–Crippen MR) is 90.8 cm³/mol. The lowest BCUT2D eigenvalue weighted by molar-refractivity contribution is 0.0755. The van der Waals surface area contributed by atoms with Crippen LogP contribution >= 0.6 is 11.6 Å². The summed E-state index contributed by atoms with van der Waals surface area (Å²) in [6, 6.07) is 8.83. The first-order chi connectivity index (χ1) is 12.0. The van der Waals surface area contributed by atoms with Crippen molar-refractivity contribution < 1.29 is 13.6 Å². The van der Waals surface area contributed by atoms with E-state index in [2.05, 4.69) is 15.1 Å². The smallest absolute Gasteiger partial charge is 0.279 e. The minimum atomic E-state index is -2.66. The van der Waals surface area contributed by atoms with Gasteiger partial charge in [-0.15, -0.1) is 0 Å². The Morgan fingerprint density at radius 3 is 2.76 bits per heavy atom. The third-order valence-corrected chi connectivity index (χ3v) is 4.65. The fourth-order valence-electron chi connectivity index (χ4n) is 2.92. The van der Waals surface area contributed by atoms with Gasteiger partial charge in [0.15, 0.2) is 5.69 Å². The van der Waals surface area contributed by atoms with Gasteiger partial charge in [0.05, 0.1) is 0 Å². The maximum Gasteiger partial charge on any atom is 0.279 e. The molecule has 1 saturated heterocycles. The van der Waals surface area contributed by atoms with Crippen LogP contribution in [0.15, 0.2) is 30.3 Å². The molecule has 134 valence electrons. The molecule has 1 fully saturated rings. The van der Waals surface area contributed by atoms with Gasteiger partial charge in [0.25, 0.3) is 12.3 Å². The molecule has 1 amide bonds. The summed E-state index contributed by atoms with van der Waals surface area (Å²) in [7, 11) is 0. The Hall–Kier alpha value is -1.99. The summed E-state index contributed by atoms with van der Waals surface area (Å²) in [5.41, 5.74) is 0.756. The number of nitrogens with one attached hydrogen (secondary N) is 1. The summed E-state index contributed by atoms with van der Waals surface area (Å²) in [6.07, 6.45) is -1.85. The number of alkyl halides is 2. The Bertz CT molecular complexity index is 737. The molecular weight excluding hydrogens is 350 g/mol. The number of hydrogen-bond donors (Lipinski definition) is 1. The van der Waals surface area contributed by atoms with Crippen molar-refractivity contribution in [1.82, 2.24) is 20.0 Å². The van der Waals surface area contributed by atoms with E-state index < -0.39 is 6.43 Å². The molecule has 0 aliphatic carbocycles. The molecule has 0 bridgehead atoms. The van der Waals surface area contributed by atoms with Gasteiger partial charge in [0.2, 0.25) is 0 Å². The SMILES string of the molecule is O=C(c1cc(C(F)F)[nH]n1)N1CCCN(Cc2ccccc2Cl)CC1. The number of nitrogens with zero attached hydrogens (tertiary/aromatic N) is 3. The third-order valence-electron chi connectivity index (χ3n) is 4.28. The fourth-order valence-corrected chi connectivity index (χ4v) is 3.12. The molecule has 0 radical (unpaired) electrons. The van der Waals surface area contributed by atoms with E-state index in [1.807, 2.05) is 24.3 Å². The first-order valence-electron chi connectivity index (χ1n) is 8.13. The van der Waals surface area contributed by atoms with Crippen LogP contribution in [-0.2, 0) is 6.54 Å². The highest BCUT2D eigenvalue weighted by Crippen LogP contribution is 2.19. The third kappa shape index (κ3) is 4.35. The zero-order chi connectivity index (χ0) is 17.8. The number of amides is 1. The van der Waals surface area contributed by atoms with Crippen LogP contribution in [0.4, 0.5) is 8.78 Å². The molecule has 1 aromatic heterocycles. The van der Waals surface area contributed by atoms with Crippen LogP contribution in [0.3, 0.4) is 0 Å². The van der Waals surface area contributed by atoms with Crippen LogP contribution < -0.4 is 0 Å². The summed E-state index contributed by atoms with van der Waals surface area (Å²) in [5, 5.41) is 6.66. The van der Waals surface area contributed by atoms with Crippen LogP contribution in [0, 0.1) is 0 Å². The Morgan fingerprint density at radius 2 is 2.04 bits per heavy atom. The van der Waals surface area contributed by atoms with Gasteiger partial charge in [-0.1, -0.05) is 29.8 Å². The lowest BCUT2D eigenvalue weighted by Gasteiger charge is -2.21. The molecule has 0 atom stereocenters. The van der Waals surface area contributed by atoms with Crippen LogP contribution in [0.25, 0.3) is 0 Å². The molecule has 2 aromatic rings. The van der Waals surface area contributed by atoms with Gasteiger partial charge in [0, 0.05) is 37.7 Å². The Kier molecular flexibility index (Phi) is 5.65. The number of rotatable bonds is 4. The molecule has 2 heterocycles. The van der Waals surface area contributed by atoms with Gasteiger partial charge in [-0.05, 0) is 24.1 Å². The summed E-state index contributed by atoms with van der Waals surface area (Å²) >= 11 is 6.21. The van der Waals surface area contributed by atoms with Crippen molar-refractivity contribution in [3.8, 4) is 0 Å². The minimum Gasteiger partial charge on any atom is -0.336 e. The average Bonchev–Trinajstić information content (AvgIpc) is 2.98. The normalized spacial score (nSPS) is 16.2. The first kappa shape index (κ1) is 17.8. The van der Waals surface area contributed by atoms with E-state index in [0.29, 0.717) is 19.6 Å². The molecule has 1 N–H and O–H groups in total. The molecule has 8 heteroatoms. The second-order valence-corrected chi connectivity index (χ2v) is 6.43. The highest BCUT2D eigenvalue weighted by molar-refractivity contribution is 6.31. The van der Waals surface area contributed by atoms with Crippen molar-refractivity contribution >= 4 is 17.5 Å². The molecule has 0 unspecified atom stereocenters. The lowest BCUT2D eigenvalue weighted by Crippen LogP contribution is -2.35. The molecule has 0 spiro atoms. The minimum absolute atomic E-state index is 0.0369. The quantitative estimate of drug-likeness (QED) is 0.900. The van der Waals surface area contributed by atoms with E-state index in [0.717, 1.165) is 36.2 Å². The molecular formula is C17H19ClF2N4O. The van der Waals surface area contributed by atoms with E-state index in [4.69, 9.17) is 11.6 Å². The summed E-state index contributed by atoms with van der Waals surface area (Å²) in [6.45, 7) is 3.37. The molecule has 5 nitrogen and oxygen atoms in total. The van der Waals surface area contributed by atoms with E-state index in [9.17, 15) is 13.6 Å². The number of carbonyl (C=O) groups is 1. The maximum atomic E-state index is 12.6. The number of halogens is 3. The van der Waals surface area contributed by atoms with Gasteiger partial charge < -0.3 is 4.90 Å². The predicted octanol–water partition coefficient (Wildman–Crippen LogP) is 3.35. The zero-order valence-corrected chi connectivity index (χ0v) is 14.3. The number of aromatic amines is 1. The van der Waals surface area contributed by atoms with Gasteiger partial charge in [0.1, 0.15) is 5.69 Å². The summed E-state index contributed by atoms with van der Waals surface area (Å²) in [5.74, 6) is -0.317. The van der Waals surface area contributed by atoms with Crippen molar-refractivity contribution in [2.24, 2.45) is 0 Å². The van der Waals surface area contributed by atoms with Crippen molar-refractivity contribution in [3.63, 3.8) is 0 Å². The standard InChI is InChI=1S/C17H19ClF2N4O/c18-13-5-2-1-4-12(13)11-23-6-3-7-24(9-8-23)17(25)15-10-14(16(19)20)21-22-15/h1-2,4-5,10,16H,3,6-9,11H2,(H,21,22). The largest absolute Gasteiger partial charge is 0.336 e. The summed E-state index contributed by atoms with van der Waals surface area (Å²) in [4.78, 5) is 16.4. The van der Waals surface area contributed by atoms with E-state index in [1.54, 1.807) is 4.90 Å². The molecule has 3 rings (SSSR count). The van der Waals surface area contributed by atoms with Gasteiger partial charge in [-0.2, -0.15) is 5.10 Å². The Balaban J connectivity index is 1.61. The second-order valence-electron chi connectivity index (χ2n) is 6.02. The Morgan fingerprint density at radius 1 is 1.24 bits per heavy atom. The molecule has 0 saturated carbocycles. The van der Waals surface area contributed by atoms with Crippen LogP contribution in [0.2, 0.25) is 5.02 Å². The van der Waals surface area contributed by atoms with Gasteiger partial charge >= 0.3 is 0 Å². The monoisotopic (exact) mass is 368 g/mol. The summed E-state index contributed by atoms with van der Waals surface area (Å²) < 4.78 is 25.3. The fraction of sp³-hybridized carbons (Fsp3) is 0.412. The number of H-pyrrole nitrogens is 1. The maximum absolute atomic E-state index is 12.6. The topological polar surface area (TPSA) is 52.2 Å². The Labute approximate surface area is 149 Å². The second kappa shape index (κ2) is 7.93. The number of carbonyl (C=O) groups excluding carboxylic acids is 1. The van der Waals surface area contributed by atoms with E-state index in [1.165, 1.54) is 0 Å². The first-order valence-corrected chi connectivity index (χ1v) is 8.51. The number of benzene rings is 1. The van der Waals surface area contributed by atoms with Crippen LogP contribution in [-0.4, -0.2) is 52.1 Å². The highest BCUT2D eigenvalue weighted by atomic mass is 35.5. The van der Waals surface area contributed by atoms with E-state index >= 15 is 0 Å². The molecule has 25 heavy (non-hydrogen) atoms. The molecule has 1 aliphatic heterocycles. The van der Waals surface area contributed by atoms with Crippen molar-refractivity contribution in [2.45, 2.75) is 19.4 Å². The van der Waals surface area contributed by atoms with Gasteiger partial charge in [-0.25, -0.2) is 8.78 Å². The number of aromatic nitrogens is 2. The number of hydrogen-bond acceptors (Lipinski definition) is 3. The molecule has 1 aromatic carbocycles. The average molecular weight is 369 g/mol. The van der Waals surface area contributed by atoms with Crippen LogP contribution in [0.5, 0.6) is 0 Å². The van der Waals surface area contributed by atoms with E-state index in [-0.39, 0.29) is 17.3 Å². The highest BCUT2D eigenvalue weighted by Gasteiger charge is 2.23.